The maximum atomic E-state index is 15.5. The summed E-state index contributed by atoms with van der Waals surface area (Å²) >= 11 is 6.58. The molecule has 0 spiro atoms. The predicted octanol–water partition coefficient (Wildman–Crippen LogP) is 5.31. The van der Waals surface area contributed by atoms with Crippen LogP contribution in [0.2, 0.25) is 5.02 Å². The van der Waals surface area contributed by atoms with Crippen molar-refractivity contribution in [1.29, 1.82) is 0 Å². The second-order valence-corrected chi connectivity index (χ2v) is 14.5. The lowest BCUT2D eigenvalue weighted by atomic mass is 10.0. The smallest absolute Gasteiger partial charge is 0.232 e. The molecule has 0 saturated carbocycles. The molecule has 4 aromatic rings. The molecule has 0 bridgehead atoms. The molecule has 2 atom stereocenters. The van der Waals surface area contributed by atoms with Gasteiger partial charge in [-0.1, -0.05) is 11.6 Å². The molecule has 1 fully saturated rings. The summed E-state index contributed by atoms with van der Waals surface area (Å²) in [5.74, 6) is 0.0192. The van der Waals surface area contributed by atoms with Crippen LogP contribution in [0.25, 0.3) is 22.3 Å². The number of hydrogen-bond acceptors (Lipinski definition) is 9. The van der Waals surface area contributed by atoms with Crippen LogP contribution < -0.4 is 9.62 Å². The Morgan fingerprint density at radius 1 is 1.18 bits per heavy atom. The number of halogens is 2. The average Bonchev–Trinajstić information content (AvgIpc) is 3.57. The standard InChI is InChI=1S/C29H36ClFN8O4S/c1-16(2)38-21-13-17(12-19(31)25(21)35-27(38)29(3,4)40)24-18(30)14-32-28(36-24)34-20-9-10-37(44(5,41)42)22-15-33-39(26(20)22)23-8-6-7-11-43-23/h12-16,20,23,40H,6-11H2,1-5H3,(H,32,34,36). The Morgan fingerprint density at radius 3 is 2.61 bits per heavy atom. The van der Waals surface area contributed by atoms with E-state index in [4.69, 9.17) is 16.3 Å². The first-order chi connectivity index (χ1) is 20.7. The summed E-state index contributed by atoms with van der Waals surface area (Å²) in [4.78, 5) is 13.5. The Kier molecular flexibility index (Phi) is 7.83. The third-order valence-electron chi connectivity index (χ3n) is 8.00. The lowest BCUT2D eigenvalue weighted by molar-refractivity contribution is -0.0415. The van der Waals surface area contributed by atoms with Gasteiger partial charge in [0, 0.05) is 24.8 Å². The predicted molar refractivity (Wildman–Crippen MR) is 166 cm³/mol. The SMILES string of the molecule is CC(C)n1c(C(C)(C)O)nc2c(F)cc(-c3nc(NC4CCN(S(C)(=O)=O)c5cnn(C6CCCCO6)c54)ncc3Cl)cc21. The largest absolute Gasteiger partial charge is 0.383 e. The van der Waals surface area contributed by atoms with Gasteiger partial charge in [0.2, 0.25) is 16.0 Å². The van der Waals surface area contributed by atoms with Crippen LogP contribution in [0.3, 0.4) is 0 Å². The molecule has 6 rings (SSSR count). The lowest BCUT2D eigenvalue weighted by Crippen LogP contribution is -2.38. The highest BCUT2D eigenvalue weighted by Gasteiger charge is 2.36. The first-order valence-corrected chi connectivity index (χ1v) is 16.9. The van der Waals surface area contributed by atoms with E-state index < -0.39 is 21.4 Å². The number of fused-ring (bicyclic) bond motifs is 2. The van der Waals surface area contributed by atoms with Crippen LogP contribution in [0.5, 0.6) is 0 Å². The topological polar surface area (TPSA) is 140 Å². The minimum Gasteiger partial charge on any atom is -0.383 e. The summed E-state index contributed by atoms with van der Waals surface area (Å²) in [6.45, 7) is 7.95. The summed E-state index contributed by atoms with van der Waals surface area (Å²) in [7, 11) is -3.54. The molecule has 236 valence electrons. The number of imidazole rings is 1. The fourth-order valence-corrected chi connectivity index (χ4v) is 7.20. The maximum Gasteiger partial charge on any atom is 0.232 e. The van der Waals surface area contributed by atoms with Crippen molar-refractivity contribution < 1.29 is 22.7 Å². The number of nitrogens with one attached hydrogen (secondary N) is 1. The molecular formula is C29H36ClFN8O4S. The summed E-state index contributed by atoms with van der Waals surface area (Å²) in [5.41, 5.74) is 1.24. The van der Waals surface area contributed by atoms with Gasteiger partial charge in [-0.15, -0.1) is 0 Å². The number of rotatable bonds is 7. The Labute approximate surface area is 260 Å². The molecule has 3 aromatic heterocycles. The van der Waals surface area contributed by atoms with Crippen molar-refractivity contribution in [2.24, 2.45) is 0 Å². The van der Waals surface area contributed by atoms with Gasteiger partial charge in [-0.3, -0.25) is 4.31 Å². The van der Waals surface area contributed by atoms with Gasteiger partial charge in [-0.2, -0.15) is 5.10 Å². The van der Waals surface area contributed by atoms with Crippen LogP contribution in [0.4, 0.5) is 16.0 Å². The van der Waals surface area contributed by atoms with E-state index in [1.54, 1.807) is 30.8 Å². The molecular weight excluding hydrogens is 611 g/mol. The minimum absolute atomic E-state index is 0.112. The second-order valence-electron chi connectivity index (χ2n) is 12.2. The molecule has 12 nitrogen and oxygen atoms in total. The maximum absolute atomic E-state index is 15.5. The summed E-state index contributed by atoms with van der Waals surface area (Å²) in [6.07, 6.45) is 7.00. The van der Waals surface area contributed by atoms with Crippen molar-refractivity contribution in [2.45, 2.75) is 77.3 Å². The van der Waals surface area contributed by atoms with Gasteiger partial charge < -0.3 is 19.7 Å². The van der Waals surface area contributed by atoms with E-state index in [0.717, 1.165) is 19.3 Å². The lowest BCUT2D eigenvalue weighted by Gasteiger charge is -2.34. The molecule has 0 amide bonds. The molecule has 1 saturated heterocycles. The van der Waals surface area contributed by atoms with E-state index in [1.807, 2.05) is 18.4 Å². The van der Waals surface area contributed by atoms with Crippen LogP contribution in [-0.2, 0) is 20.4 Å². The van der Waals surface area contributed by atoms with Crippen molar-refractivity contribution in [3.8, 4) is 11.3 Å². The zero-order chi connectivity index (χ0) is 31.6. The Morgan fingerprint density at radius 2 is 1.95 bits per heavy atom. The molecule has 1 aromatic carbocycles. The number of sulfonamides is 1. The number of nitrogens with zero attached hydrogens (tertiary/aromatic N) is 7. The highest BCUT2D eigenvalue weighted by atomic mass is 35.5. The third-order valence-corrected chi connectivity index (χ3v) is 9.45. The highest BCUT2D eigenvalue weighted by Crippen LogP contribution is 2.40. The Balaban J connectivity index is 1.40. The van der Waals surface area contributed by atoms with Crippen LogP contribution in [0.1, 0.15) is 83.2 Å². The summed E-state index contributed by atoms with van der Waals surface area (Å²) < 4.78 is 51.7. The van der Waals surface area contributed by atoms with E-state index in [2.05, 4.69) is 25.4 Å². The van der Waals surface area contributed by atoms with E-state index >= 15 is 4.39 Å². The molecule has 0 aliphatic carbocycles. The van der Waals surface area contributed by atoms with E-state index in [1.165, 1.54) is 22.8 Å². The number of ether oxygens (including phenoxy) is 1. The summed E-state index contributed by atoms with van der Waals surface area (Å²) in [5, 5.41) is 18.9. The normalized spacial score (nSPS) is 19.5. The Hall–Kier alpha value is -3.33. The van der Waals surface area contributed by atoms with E-state index in [-0.39, 0.29) is 41.3 Å². The first-order valence-electron chi connectivity index (χ1n) is 14.6. The van der Waals surface area contributed by atoms with Gasteiger partial charge in [0.25, 0.3) is 0 Å². The molecule has 15 heteroatoms. The van der Waals surface area contributed by atoms with Crippen molar-refractivity contribution >= 4 is 44.3 Å². The van der Waals surface area contributed by atoms with Crippen LogP contribution in [0, 0.1) is 5.82 Å². The average molecular weight is 647 g/mol. The van der Waals surface area contributed by atoms with Crippen molar-refractivity contribution in [2.75, 3.05) is 29.0 Å². The van der Waals surface area contributed by atoms with E-state index in [9.17, 15) is 13.5 Å². The number of anilines is 2. The Bertz CT molecular complexity index is 1830. The molecule has 2 aliphatic heterocycles. The number of hydrogen-bond donors (Lipinski definition) is 2. The second kappa shape index (κ2) is 11.2. The molecule has 0 radical (unpaired) electrons. The van der Waals surface area contributed by atoms with Gasteiger partial charge in [0.05, 0.1) is 52.3 Å². The monoisotopic (exact) mass is 646 g/mol. The zero-order valence-corrected chi connectivity index (χ0v) is 26.8. The molecule has 2 N–H and O–H groups in total. The van der Waals surface area contributed by atoms with Gasteiger partial charge in [-0.25, -0.2) is 32.4 Å². The molecule has 2 aliphatic rings. The number of benzene rings is 1. The van der Waals surface area contributed by atoms with Gasteiger partial charge in [-0.05, 0) is 65.5 Å². The first kappa shape index (κ1) is 30.7. The number of aliphatic hydroxyl groups is 1. The van der Waals surface area contributed by atoms with Crippen molar-refractivity contribution in [3.05, 3.63) is 46.9 Å². The molecule has 2 unspecified atom stereocenters. The van der Waals surface area contributed by atoms with Crippen LogP contribution in [0.15, 0.2) is 24.5 Å². The fourth-order valence-electron chi connectivity index (χ4n) is 6.07. The number of aromatic nitrogens is 6. The van der Waals surface area contributed by atoms with Crippen molar-refractivity contribution in [1.82, 2.24) is 29.3 Å². The molecule has 5 heterocycles. The van der Waals surface area contributed by atoms with Gasteiger partial charge >= 0.3 is 0 Å². The van der Waals surface area contributed by atoms with Gasteiger partial charge in [0.15, 0.2) is 12.0 Å². The van der Waals surface area contributed by atoms with Crippen LogP contribution in [-0.4, -0.2) is 62.2 Å². The fraction of sp³-hybridized carbons (Fsp3) is 0.517. The van der Waals surface area contributed by atoms with E-state index in [0.29, 0.717) is 47.0 Å². The van der Waals surface area contributed by atoms with Crippen molar-refractivity contribution in [3.63, 3.8) is 0 Å². The zero-order valence-electron chi connectivity index (χ0n) is 25.3. The minimum atomic E-state index is -3.54. The molecule has 44 heavy (non-hydrogen) atoms. The quantitative estimate of drug-likeness (QED) is 0.273. The third kappa shape index (κ3) is 5.52. The summed E-state index contributed by atoms with van der Waals surface area (Å²) in [6, 6.07) is 2.58. The van der Waals surface area contributed by atoms with Crippen LogP contribution >= 0.6 is 11.6 Å². The van der Waals surface area contributed by atoms with Gasteiger partial charge in [0.1, 0.15) is 16.9 Å². The highest BCUT2D eigenvalue weighted by molar-refractivity contribution is 7.92.